The van der Waals surface area contributed by atoms with Crippen LogP contribution in [0.4, 0.5) is 0 Å². The lowest BCUT2D eigenvalue weighted by molar-refractivity contribution is 0.343. The van der Waals surface area contributed by atoms with Gasteiger partial charge in [-0.2, -0.15) is 0 Å². The number of hydrogen-bond donors (Lipinski definition) is 1. The topological polar surface area (TPSA) is 26.0 Å². The van der Waals surface area contributed by atoms with Gasteiger partial charge in [0.05, 0.1) is 10.0 Å². The van der Waals surface area contributed by atoms with E-state index in [1.807, 2.05) is 12.1 Å². The fraction of sp³-hybridized carbons (Fsp3) is 0.500. The molecule has 1 unspecified atom stereocenters. The standard InChI is InChI=1S/C12H17Cl2N/c1-12(2,3)7-10(15)8-5-4-6-9(13)11(8)14/h4-6,10H,7,15H2,1-3H3. The SMILES string of the molecule is CC(C)(C)CC(N)c1cccc(Cl)c1Cl. The molecule has 0 aliphatic rings. The highest BCUT2D eigenvalue weighted by atomic mass is 35.5. The van der Waals surface area contributed by atoms with Crippen molar-refractivity contribution >= 4 is 23.2 Å². The van der Waals surface area contributed by atoms with Crippen molar-refractivity contribution in [3.63, 3.8) is 0 Å². The van der Waals surface area contributed by atoms with Gasteiger partial charge in [-0.25, -0.2) is 0 Å². The van der Waals surface area contributed by atoms with Crippen LogP contribution in [0.25, 0.3) is 0 Å². The summed E-state index contributed by atoms with van der Waals surface area (Å²) in [5.74, 6) is 0. The van der Waals surface area contributed by atoms with E-state index in [1.54, 1.807) is 6.07 Å². The maximum absolute atomic E-state index is 6.11. The van der Waals surface area contributed by atoms with Crippen molar-refractivity contribution in [2.24, 2.45) is 11.1 Å². The molecule has 0 spiro atoms. The molecule has 0 aliphatic heterocycles. The van der Waals surface area contributed by atoms with Crippen LogP contribution >= 0.6 is 23.2 Å². The lowest BCUT2D eigenvalue weighted by Gasteiger charge is -2.24. The largest absolute Gasteiger partial charge is 0.324 e. The summed E-state index contributed by atoms with van der Waals surface area (Å²) < 4.78 is 0. The van der Waals surface area contributed by atoms with Gasteiger partial charge in [-0.15, -0.1) is 0 Å². The molecule has 1 nitrogen and oxygen atoms in total. The van der Waals surface area contributed by atoms with Gasteiger partial charge in [0.2, 0.25) is 0 Å². The van der Waals surface area contributed by atoms with E-state index >= 15 is 0 Å². The predicted molar refractivity (Wildman–Crippen MR) is 67.5 cm³/mol. The Morgan fingerprint density at radius 2 is 1.87 bits per heavy atom. The first-order chi connectivity index (χ1) is 6.81. The maximum atomic E-state index is 6.11. The van der Waals surface area contributed by atoms with Gasteiger partial charge in [0, 0.05) is 6.04 Å². The van der Waals surface area contributed by atoms with Gasteiger partial charge in [0.1, 0.15) is 0 Å². The number of nitrogens with two attached hydrogens (primary N) is 1. The minimum atomic E-state index is -0.0591. The van der Waals surface area contributed by atoms with Crippen LogP contribution in [-0.2, 0) is 0 Å². The molecule has 1 aromatic rings. The number of halogens is 2. The van der Waals surface area contributed by atoms with Crippen molar-refractivity contribution in [1.29, 1.82) is 0 Å². The van der Waals surface area contributed by atoms with E-state index in [-0.39, 0.29) is 11.5 Å². The summed E-state index contributed by atoms with van der Waals surface area (Å²) in [4.78, 5) is 0. The summed E-state index contributed by atoms with van der Waals surface area (Å²) in [6.45, 7) is 6.47. The Morgan fingerprint density at radius 3 is 2.40 bits per heavy atom. The zero-order valence-electron chi connectivity index (χ0n) is 9.35. The highest BCUT2D eigenvalue weighted by Gasteiger charge is 2.19. The Labute approximate surface area is 102 Å². The monoisotopic (exact) mass is 245 g/mol. The van der Waals surface area contributed by atoms with E-state index in [4.69, 9.17) is 28.9 Å². The Kier molecular flexibility index (Phi) is 4.05. The van der Waals surface area contributed by atoms with Crippen LogP contribution in [0.2, 0.25) is 10.0 Å². The molecule has 15 heavy (non-hydrogen) atoms. The van der Waals surface area contributed by atoms with E-state index in [9.17, 15) is 0 Å². The molecule has 0 aliphatic carbocycles. The third-order valence-electron chi connectivity index (χ3n) is 2.21. The Balaban J connectivity index is 2.92. The van der Waals surface area contributed by atoms with E-state index < -0.39 is 0 Å². The minimum absolute atomic E-state index is 0.0591. The molecule has 1 rings (SSSR count). The van der Waals surface area contributed by atoms with Crippen molar-refractivity contribution < 1.29 is 0 Å². The lowest BCUT2D eigenvalue weighted by Crippen LogP contribution is -2.19. The van der Waals surface area contributed by atoms with Crippen molar-refractivity contribution in [3.8, 4) is 0 Å². The van der Waals surface area contributed by atoms with Crippen LogP contribution in [0.3, 0.4) is 0 Å². The first-order valence-electron chi connectivity index (χ1n) is 5.01. The molecule has 2 N–H and O–H groups in total. The normalized spacial score (nSPS) is 14.0. The molecule has 0 saturated heterocycles. The van der Waals surface area contributed by atoms with E-state index in [0.717, 1.165) is 12.0 Å². The molecule has 3 heteroatoms. The first kappa shape index (κ1) is 12.8. The first-order valence-corrected chi connectivity index (χ1v) is 5.76. The van der Waals surface area contributed by atoms with E-state index in [1.165, 1.54) is 0 Å². The summed E-state index contributed by atoms with van der Waals surface area (Å²) in [7, 11) is 0. The van der Waals surface area contributed by atoms with Crippen LogP contribution < -0.4 is 5.73 Å². The average Bonchev–Trinajstić information content (AvgIpc) is 2.06. The highest BCUT2D eigenvalue weighted by Crippen LogP contribution is 2.34. The Morgan fingerprint density at radius 1 is 1.27 bits per heavy atom. The summed E-state index contributed by atoms with van der Waals surface area (Å²) in [6, 6.07) is 5.53. The number of benzene rings is 1. The van der Waals surface area contributed by atoms with Crippen LogP contribution in [-0.4, -0.2) is 0 Å². The predicted octanol–water partition coefficient (Wildman–Crippen LogP) is 4.43. The summed E-state index contributed by atoms with van der Waals surface area (Å²) in [5, 5.41) is 1.15. The van der Waals surface area contributed by atoms with Crippen LogP contribution in [0.5, 0.6) is 0 Å². The molecule has 0 saturated carbocycles. The molecule has 0 amide bonds. The Hall–Kier alpha value is -0.240. The smallest absolute Gasteiger partial charge is 0.0640 e. The second-order valence-electron chi connectivity index (χ2n) is 5.01. The summed E-state index contributed by atoms with van der Waals surface area (Å²) >= 11 is 12.0. The third kappa shape index (κ3) is 3.67. The second kappa shape index (κ2) is 4.73. The molecular weight excluding hydrogens is 229 g/mol. The molecule has 1 atom stereocenters. The third-order valence-corrected chi connectivity index (χ3v) is 3.05. The zero-order valence-corrected chi connectivity index (χ0v) is 10.9. The zero-order chi connectivity index (χ0) is 11.6. The van der Waals surface area contributed by atoms with E-state index in [2.05, 4.69) is 20.8 Å². The summed E-state index contributed by atoms with van der Waals surface area (Å²) in [5.41, 5.74) is 7.22. The Bertz CT molecular complexity index is 342. The van der Waals surface area contributed by atoms with Gasteiger partial charge in [0.25, 0.3) is 0 Å². The molecule has 1 aromatic carbocycles. The van der Waals surface area contributed by atoms with Gasteiger partial charge >= 0.3 is 0 Å². The summed E-state index contributed by atoms with van der Waals surface area (Å²) in [6.07, 6.45) is 0.882. The highest BCUT2D eigenvalue weighted by molar-refractivity contribution is 6.42. The molecule has 0 bridgehead atoms. The maximum Gasteiger partial charge on any atom is 0.0640 e. The molecular formula is C12H17Cl2N. The number of rotatable bonds is 2. The van der Waals surface area contributed by atoms with Gasteiger partial charge in [-0.3, -0.25) is 0 Å². The second-order valence-corrected chi connectivity index (χ2v) is 5.80. The molecule has 0 heterocycles. The molecule has 0 radical (unpaired) electrons. The van der Waals surface area contributed by atoms with Crippen LogP contribution in [0.1, 0.15) is 38.8 Å². The molecule has 0 fully saturated rings. The van der Waals surface area contributed by atoms with Crippen molar-refractivity contribution in [3.05, 3.63) is 33.8 Å². The lowest BCUT2D eigenvalue weighted by atomic mass is 9.86. The quantitative estimate of drug-likeness (QED) is 0.820. The van der Waals surface area contributed by atoms with Crippen molar-refractivity contribution in [2.75, 3.05) is 0 Å². The van der Waals surface area contributed by atoms with E-state index in [0.29, 0.717) is 10.0 Å². The average molecular weight is 246 g/mol. The molecule has 84 valence electrons. The van der Waals surface area contributed by atoms with Crippen molar-refractivity contribution in [1.82, 2.24) is 0 Å². The van der Waals surface area contributed by atoms with Gasteiger partial charge < -0.3 is 5.73 Å². The van der Waals surface area contributed by atoms with Gasteiger partial charge in [-0.05, 0) is 23.5 Å². The number of hydrogen-bond acceptors (Lipinski definition) is 1. The molecule has 0 aromatic heterocycles. The van der Waals surface area contributed by atoms with Crippen molar-refractivity contribution in [2.45, 2.75) is 33.2 Å². The van der Waals surface area contributed by atoms with Gasteiger partial charge in [-0.1, -0.05) is 56.1 Å². The van der Waals surface area contributed by atoms with Crippen LogP contribution in [0, 0.1) is 5.41 Å². The van der Waals surface area contributed by atoms with Crippen LogP contribution in [0.15, 0.2) is 18.2 Å². The minimum Gasteiger partial charge on any atom is -0.324 e. The van der Waals surface area contributed by atoms with Gasteiger partial charge in [0.15, 0.2) is 0 Å². The fourth-order valence-corrected chi connectivity index (χ4v) is 2.02. The fourth-order valence-electron chi connectivity index (χ4n) is 1.58.